The molecule has 0 spiro atoms. The molecule has 5 rings (SSSR count). The normalized spacial score (nSPS) is 23.0. The average molecular weight is 447 g/mol. The van der Waals surface area contributed by atoms with Gasteiger partial charge in [-0.05, 0) is 29.7 Å². The average Bonchev–Trinajstić information content (AvgIpc) is 3.47. The number of hydrazine groups is 1. The number of rotatable bonds is 7. The highest BCUT2D eigenvalue weighted by Crippen LogP contribution is 2.34. The maximum atomic E-state index is 12.7. The van der Waals surface area contributed by atoms with Gasteiger partial charge in [0.25, 0.3) is 0 Å². The topological polar surface area (TPSA) is 72.4 Å². The predicted octanol–water partition coefficient (Wildman–Crippen LogP) is 2.78. The fourth-order valence-corrected chi connectivity index (χ4v) is 4.72. The van der Waals surface area contributed by atoms with Crippen LogP contribution in [0.2, 0.25) is 0 Å². The molecular weight excluding hydrogens is 416 g/mol. The van der Waals surface area contributed by atoms with Crippen LogP contribution in [0.15, 0.2) is 72.1 Å². The van der Waals surface area contributed by atoms with Crippen LogP contribution in [0.5, 0.6) is 5.75 Å². The summed E-state index contributed by atoms with van der Waals surface area (Å²) in [5.41, 5.74) is 9.25. The first-order valence-corrected chi connectivity index (χ1v) is 11.4. The first-order valence-electron chi connectivity index (χ1n) is 11.4. The highest BCUT2D eigenvalue weighted by molar-refractivity contribution is 5.89. The van der Waals surface area contributed by atoms with Crippen molar-refractivity contribution in [3.05, 3.63) is 78.1 Å². The Balaban J connectivity index is 1.16. The number of nitrogens with zero attached hydrogens (tertiary/aromatic N) is 4. The summed E-state index contributed by atoms with van der Waals surface area (Å²) < 4.78 is 5.28. The van der Waals surface area contributed by atoms with Gasteiger partial charge in [-0.3, -0.25) is 10.2 Å². The summed E-state index contributed by atoms with van der Waals surface area (Å²) in [4.78, 5) is 16.6. The van der Waals surface area contributed by atoms with Gasteiger partial charge in [0.1, 0.15) is 17.8 Å². The number of nitrogens with one attached hydrogen (secondary N) is 2. The molecular formula is C25H30N6O2. The number of benzene rings is 2. The number of amides is 1. The number of methoxy groups -OCH3 is 1. The van der Waals surface area contributed by atoms with Crippen LogP contribution in [0.3, 0.4) is 0 Å². The second-order valence-corrected chi connectivity index (χ2v) is 8.71. The Labute approximate surface area is 194 Å². The Morgan fingerprint density at radius 1 is 1.15 bits per heavy atom. The summed E-state index contributed by atoms with van der Waals surface area (Å²) in [6, 6.07) is 18.7. The maximum absolute atomic E-state index is 12.7. The fraction of sp³-hybridized carbons (Fsp3) is 0.360. The van der Waals surface area contributed by atoms with Crippen molar-refractivity contribution in [2.24, 2.45) is 5.10 Å². The van der Waals surface area contributed by atoms with Gasteiger partial charge in [0.2, 0.25) is 5.91 Å². The van der Waals surface area contributed by atoms with Crippen LogP contribution in [0.4, 0.5) is 0 Å². The molecule has 0 aliphatic carbocycles. The SMILES string of the molecule is COc1ccc(C2CC3C4NN=C(CCC(=O)N(C)Cc5ccccc5)N4C=CN3N2)cc1. The molecule has 8 heteroatoms. The van der Waals surface area contributed by atoms with Crippen LogP contribution in [-0.4, -0.2) is 52.9 Å². The third-order valence-electron chi connectivity index (χ3n) is 6.58. The van der Waals surface area contributed by atoms with Crippen molar-refractivity contribution in [2.45, 2.75) is 44.1 Å². The molecule has 0 saturated carbocycles. The highest BCUT2D eigenvalue weighted by atomic mass is 16.5. The van der Waals surface area contributed by atoms with Crippen molar-refractivity contribution in [1.29, 1.82) is 0 Å². The minimum atomic E-state index is 0.0536. The summed E-state index contributed by atoms with van der Waals surface area (Å²) in [5.74, 6) is 1.89. The molecule has 1 fully saturated rings. The predicted molar refractivity (Wildman–Crippen MR) is 127 cm³/mol. The fourth-order valence-electron chi connectivity index (χ4n) is 4.72. The second-order valence-electron chi connectivity index (χ2n) is 8.71. The molecule has 3 aliphatic heterocycles. The zero-order valence-corrected chi connectivity index (χ0v) is 19.0. The van der Waals surface area contributed by atoms with E-state index >= 15 is 0 Å². The molecule has 3 heterocycles. The molecule has 2 aromatic rings. The minimum absolute atomic E-state index is 0.0536. The molecule has 172 valence electrons. The van der Waals surface area contributed by atoms with Crippen LogP contribution in [0.1, 0.15) is 36.4 Å². The Hall–Kier alpha value is -3.52. The van der Waals surface area contributed by atoms with Crippen LogP contribution >= 0.6 is 0 Å². The molecule has 0 aromatic heterocycles. The Bertz CT molecular complexity index is 1040. The third kappa shape index (κ3) is 4.39. The number of hydrogen-bond donors (Lipinski definition) is 2. The van der Waals surface area contributed by atoms with Gasteiger partial charge in [-0.15, -0.1) is 0 Å². The molecule has 2 N–H and O–H groups in total. The summed E-state index contributed by atoms with van der Waals surface area (Å²) in [7, 11) is 3.54. The molecule has 0 radical (unpaired) electrons. The van der Waals surface area contributed by atoms with Crippen LogP contribution in [0.25, 0.3) is 0 Å². The van der Waals surface area contributed by atoms with E-state index in [2.05, 4.69) is 44.2 Å². The zero-order valence-electron chi connectivity index (χ0n) is 19.0. The Kier molecular flexibility index (Phi) is 5.92. The zero-order chi connectivity index (χ0) is 22.8. The smallest absolute Gasteiger partial charge is 0.223 e. The largest absolute Gasteiger partial charge is 0.497 e. The maximum Gasteiger partial charge on any atom is 0.223 e. The van der Waals surface area contributed by atoms with Crippen molar-refractivity contribution in [2.75, 3.05) is 14.2 Å². The number of hydrogen-bond acceptors (Lipinski definition) is 7. The number of carbonyl (C=O) groups is 1. The molecule has 33 heavy (non-hydrogen) atoms. The lowest BCUT2D eigenvalue weighted by Gasteiger charge is -2.37. The van der Waals surface area contributed by atoms with E-state index in [9.17, 15) is 4.79 Å². The van der Waals surface area contributed by atoms with Crippen molar-refractivity contribution >= 4 is 11.7 Å². The summed E-state index contributed by atoms with van der Waals surface area (Å²) in [6.07, 6.45) is 6.15. The molecule has 2 aromatic carbocycles. The molecule has 3 aliphatic rings. The number of hydrazone groups is 1. The van der Waals surface area contributed by atoms with Gasteiger partial charge in [0.15, 0.2) is 0 Å². The van der Waals surface area contributed by atoms with Crippen LogP contribution in [-0.2, 0) is 11.3 Å². The van der Waals surface area contributed by atoms with E-state index < -0.39 is 0 Å². The van der Waals surface area contributed by atoms with Crippen molar-refractivity contribution in [3.63, 3.8) is 0 Å². The van der Waals surface area contributed by atoms with Gasteiger partial charge >= 0.3 is 0 Å². The van der Waals surface area contributed by atoms with Crippen LogP contribution < -0.4 is 15.6 Å². The molecule has 3 atom stereocenters. The van der Waals surface area contributed by atoms with Gasteiger partial charge in [0, 0.05) is 38.8 Å². The molecule has 8 nitrogen and oxygen atoms in total. The van der Waals surface area contributed by atoms with Crippen LogP contribution in [0, 0.1) is 0 Å². The van der Waals surface area contributed by atoms with Gasteiger partial charge in [-0.1, -0.05) is 42.5 Å². The Morgan fingerprint density at radius 2 is 1.94 bits per heavy atom. The summed E-state index contributed by atoms with van der Waals surface area (Å²) >= 11 is 0. The van der Waals surface area contributed by atoms with E-state index in [0.29, 0.717) is 19.4 Å². The highest BCUT2D eigenvalue weighted by Gasteiger charge is 2.44. The lowest BCUT2D eigenvalue weighted by Crippen LogP contribution is -2.54. The van der Waals surface area contributed by atoms with Gasteiger partial charge < -0.3 is 19.5 Å². The van der Waals surface area contributed by atoms with E-state index in [1.165, 1.54) is 5.56 Å². The standard InChI is InChI=1S/C25H30N6O2/c1-29(17-18-6-4-3-5-7-18)24(32)13-12-23-26-27-25-22-16-21(28-31(22)15-14-30(23)25)19-8-10-20(33-2)11-9-19/h3-11,14-15,21-22,25,27-28H,12-13,16-17H2,1-2H3. The van der Waals surface area contributed by atoms with E-state index in [-0.39, 0.29) is 24.2 Å². The van der Waals surface area contributed by atoms with Gasteiger partial charge in [-0.2, -0.15) is 5.10 Å². The first kappa shape index (κ1) is 21.3. The summed E-state index contributed by atoms with van der Waals surface area (Å²) in [5, 5.41) is 6.74. The lowest BCUT2D eigenvalue weighted by molar-refractivity contribution is -0.130. The minimum Gasteiger partial charge on any atom is -0.497 e. The van der Waals surface area contributed by atoms with Crippen molar-refractivity contribution < 1.29 is 9.53 Å². The first-order chi connectivity index (χ1) is 16.1. The number of amidine groups is 1. The number of carbonyl (C=O) groups excluding carboxylic acids is 1. The molecule has 1 amide bonds. The van der Waals surface area contributed by atoms with Crippen molar-refractivity contribution in [1.82, 2.24) is 25.7 Å². The van der Waals surface area contributed by atoms with Gasteiger partial charge in [0.05, 0.1) is 19.2 Å². The molecule has 3 unspecified atom stereocenters. The Morgan fingerprint density at radius 3 is 2.70 bits per heavy atom. The summed E-state index contributed by atoms with van der Waals surface area (Å²) in [6.45, 7) is 0.617. The molecule has 1 saturated heterocycles. The molecule has 0 bridgehead atoms. The quantitative estimate of drug-likeness (QED) is 0.682. The number of fused-ring (bicyclic) bond motifs is 3. The van der Waals surface area contributed by atoms with E-state index in [1.54, 1.807) is 12.0 Å². The third-order valence-corrected chi connectivity index (χ3v) is 6.58. The lowest BCUT2D eigenvalue weighted by atomic mass is 9.99. The van der Waals surface area contributed by atoms with E-state index in [4.69, 9.17) is 4.74 Å². The van der Waals surface area contributed by atoms with Crippen molar-refractivity contribution in [3.8, 4) is 5.75 Å². The second kappa shape index (κ2) is 9.15. The van der Waals surface area contributed by atoms with E-state index in [0.717, 1.165) is 23.6 Å². The number of ether oxygens (including phenoxy) is 1. The monoisotopic (exact) mass is 446 g/mol. The van der Waals surface area contributed by atoms with Gasteiger partial charge in [-0.25, -0.2) is 5.43 Å². The van der Waals surface area contributed by atoms with E-state index in [1.807, 2.05) is 55.7 Å².